The maximum Gasteiger partial charge on any atom is 0.339 e. The molecule has 0 aliphatic carbocycles. The molecule has 2 N–H and O–H groups in total. The van der Waals surface area contributed by atoms with Crippen molar-refractivity contribution in [1.82, 2.24) is 0 Å². The molecule has 2 amide bonds. The van der Waals surface area contributed by atoms with Crippen LogP contribution in [0.25, 0.3) is 22.3 Å². The monoisotopic (exact) mass is 676 g/mol. The van der Waals surface area contributed by atoms with Gasteiger partial charge in [0.15, 0.2) is 11.5 Å². The van der Waals surface area contributed by atoms with Crippen molar-refractivity contribution in [3.63, 3.8) is 0 Å². The molecule has 48 heavy (non-hydrogen) atoms. The molecule has 9 nitrogen and oxygen atoms in total. The van der Waals surface area contributed by atoms with Crippen LogP contribution in [0.15, 0.2) is 168 Å². The number of benzene rings is 6. The molecule has 240 valence electrons. The van der Waals surface area contributed by atoms with E-state index in [1.807, 2.05) is 60.7 Å². The van der Waals surface area contributed by atoms with Crippen molar-refractivity contribution in [2.24, 2.45) is 0 Å². The first-order valence-electron chi connectivity index (χ1n) is 14.6. The van der Waals surface area contributed by atoms with E-state index in [-0.39, 0.29) is 32.7 Å². The van der Waals surface area contributed by atoms with Crippen LogP contribution in [0.2, 0.25) is 0 Å². The summed E-state index contributed by atoms with van der Waals surface area (Å²) in [6.45, 7) is 0. The standard InChI is InChI=1S/C37H28N2O7S2/c40-37(38-33-15-7-9-17-35(33)45-47(41,42)31-23-19-29(20-24-31)27-11-3-1-4-12-27)39-34-16-8-10-18-36(34)46-48(43,44)32-25-21-30(22-26-32)28-13-5-2-6-14-28/h1-26H,(H2,38,39,40). The molecule has 0 fully saturated rings. The maximum atomic E-state index is 13.1. The predicted octanol–water partition coefficient (Wildman–Crippen LogP) is 8.20. The summed E-state index contributed by atoms with van der Waals surface area (Å²) < 4.78 is 63.4. The Morgan fingerprint density at radius 2 is 0.708 bits per heavy atom. The minimum atomic E-state index is -4.26. The molecular weight excluding hydrogens is 649 g/mol. The van der Waals surface area contributed by atoms with Gasteiger partial charge in [-0.05, 0) is 70.8 Å². The number of amides is 2. The van der Waals surface area contributed by atoms with Crippen molar-refractivity contribution in [3.8, 4) is 33.8 Å². The topological polar surface area (TPSA) is 128 Å². The molecule has 0 aliphatic rings. The van der Waals surface area contributed by atoms with Crippen LogP contribution in [0.5, 0.6) is 11.5 Å². The summed E-state index contributed by atoms with van der Waals surface area (Å²) in [4.78, 5) is 12.9. The molecule has 0 heterocycles. The number of para-hydroxylation sites is 4. The van der Waals surface area contributed by atoms with Crippen molar-refractivity contribution in [3.05, 3.63) is 158 Å². The molecule has 0 bridgehead atoms. The summed E-state index contributed by atoms with van der Waals surface area (Å²) in [6.07, 6.45) is 0. The molecule has 6 aromatic rings. The molecule has 0 spiro atoms. The third kappa shape index (κ3) is 7.55. The Labute approximate surface area is 278 Å². The molecule has 6 rings (SSSR count). The van der Waals surface area contributed by atoms with E-state index >= 15 is 0 Å². The zero-order valence-electron chi connectivity index (χ0n) is 25.2. The summed E-state index contributed by atoms with van der Waals surface area (Å²) in [5.41, 5.74) is 3.67. The van der Waals surface area contributed by atoms with Gasteiger partial charge in [-0.3, -0.25) is 0 Å². The number of nitrogens with one attached hydrogen (secondary N) is 2. The molecule has 0 aliphatic heterocycles. The summed E-state index contributed by atoms with van der Waals surface area (Å²) in [5.74, 6) is -0.239. The number of urea groups is 1. The van der Waals surface area contributed by atoms with Crippen LogP contribution in [0.3, 0.4) is 0 Å². The zero-order valence-corrected chi connectivity index (χ0v) is 26.8. The van der Waals surface area contributed by atoms with E-state index in [9.17, 15) is 21.6 Å². The lowest BCUT2D eigenvalue weighted by Gasteiger charge is -2.15. The van der Waals surface area contributed by atoms with Crippen LogP contribution in [-0.2, 0) is 20.2 Å². The van der Waals surface area contributed by atoms with Crippen molar-refractivity contribution in [1.29, 1.82) is 0 Å². The zero-order chi connectivity index (χ0) is 33.6. The van der Waals surface area contributed by atoms with Crippen molar-refractivity contribution in [2.45, 2.75) is 9.79 Å². The minimum absolute atomic E-state index is 0.0593. The molecule has 6 aromatic carbocycles. The van der Waals surface area contributed by atoms with E-state index in [2.05, 4.69) is 10.6 Å². The molecular formula is C37H28N2O7S2. The summed E-state index contributed by atoms with van der Waals surface area (Å²) in [6, 6.07) is 42.8. The fourth-order valence-electron chi connectivity index (χ4n) is 4.78. The number of rotatable bonds is 10. The highest BCUT2D eigenvalue weighted by Gasteiger charge is 2.22. The number of carbonyl (C=O) groups is 1. The average molecular weight is 677 g/mol. The first kappa shape index (κ1) is 32.0. The Morgan fingerprint density at radius 3 is 1.08 bits per heavy atom. The van der Waals surface area contributed by atoms with Crippen molar-refractivity contribution < 1.29 is 30.0 Å². The fraction of sp³-hybridized carbons (Fsp3) is 0. The van der Waals surface area contributed by atoms with E-state index in [1.54, 1.807) is 48.5 Å². The highest BCUT2D eigenvalue weighted by atomic mass is 32.2. The minimum Gasteiger partial charge on any atom is -0.377 e. The average Bonchev–Trinajstić information content (AvgIpc) is 3.11. The molecule has 0 saturated heterocycles. The van der Waals surface area contributed by atoms with Gasteiger partial charge in [-0.1, -0.05) is 109 Å². The summed E-state index contributed by atoms with van der Waals surface area (Å²) in [7, 11) is -8.52. The highest BCUT2D eigenvalue weighted by molar-refractivity contribution is 7.87. The van der Waals surface area contributed by atoms with Crippen LogP contribution >= 0.6 is 0 Å². The van der Waals surface area contributed by atoms with E-state index < -0.39 is 26.3 Å². The van der Waals surface area contributed by atoms with Gasteiger partial charge in [-0.15, -0.1) is 0 Å². The van der Waals surface area contributed by atoms with Crippen molar-refractivity contribution in [2.75, 3.05) is 10.6 Å². The Bertz CT molecular complexity index is 2100. The lowest BCUT2D eigenvalue weighted by molar-refractivity contribution is 0.262. The van der Waals surface area contributed by atoms with Gasteiger partial charge < -0.3 is 19.0 Å². The number of carbonyl (C=O) groups excluding carboxylic acids is 1. The molecule has 0 saturated carbocycles. The van der Waals surface area contributed by atoms with Crippen LogP contribution < -0.4 is 19.0 Å². The second-order valence-corrected chi connectivity index (χ2v) is 13.5. The molecule has 0 atom stereocenters. The van der Waals surface area contributed by atoms with E-state index in [1.165, 1.54) is 48.5 Å². The van der Waals surface area contributed by atoms with Gasteiger partial charge in [-0.2, -0.15) is 16.8 Å². The van der Waals surface area contributed by atoms with Crippen LogP contribution in [0, 0.1) is 0 Å². The number of hydrogen-bond acceptors (Lipinski definition) is 7. The van der Waals surface area contributed by atoms with E-state index in [4.69, 9.17) is 8.37 Å². The largest absolute Gasteiger partial charge is 0.377 e. The maximum absolute atomic E-state index is 13.1. The van der Waals surface area contributed by atoms with Crippen molar-refractivity contribution >= 4 is 37.6 Å². The lowest BCUT2D eigenvalue weighted by Crippen LogP contribution is -2.21. The number of hydrogen-bond donors (Lipinski definition) is 2. The van der Waals surface area contributed by atoms with Gasteiger partial charge in [0, 0.05) is 0 Å². The Morgan fingerprint density at radius 1 is 0.396 bits per heavy atom. The highest BCUT2D eigenvalue weighted by Crippen LogP contribution is 2.31. The molecule has 0 aromatic heterocycles. The quantitative estimate of drug-likeness (QED) is 0.140. The SMILES string of the molecule is O=C(Nc1ccccc1OS(=O)(=O)c1ccc(-c2ccccc2)cc1)Nc1ccccc1OS(=O)(=O)c1ccc(-c2ccccc2)cc1. The number of anilines is 2. The van der Waals surface area contributed by atoms with Crippen LogP contribution in [0.4, 0.5) is 16.2 Å². The summed E-state index contributed by atoms with van der Waals surface area (Å²) >= 11 is 0. The van der Waals surface area contributed by atoms with Gasteiger partial charge in [0.05, 0.1) is 11.4 Å². The second kappa shape index (κ2) is 13.8. The first-order chi connectivity index (χ1) is 23.2. The first-order valence-corrected chi connectivity index (χ1v) is 17.5. The van der Waals surface area contributed by atoms with E-state index in [0.717, 1.165) is 22.3 Å². The van der Waals surface area contributed by atoms with Crippen LogP contribution in [-0.4, -0.2) is 22.9 Å². The Kier molecular flexibility index (Phi) is 9.24. The molecule has 0 unspecified atom stereocenters. The fourth-order valence-corrected chi connectivity index (χ4v) is 6.68. The Balaban J connectivity index is 1.14. The summed E-state index contributed by atoms with van der Waals surface area (Å²) in [5, 5.41) is 5.13. The molecule has 0 radical (unpaired) electrons. The van der Waals surface area contributed by atoms with E-state index in [0.29, 0.717) is 0 Å². The lowest BCUT2D eigenvalue weighted by atomic mass is 10.1. The third-order valence-electron chi connectivity index (χ3n) is 7.17. The van der Waals surface area contributed by atoms with Gasteiger partial charge in [0.1, 0.15) is 9.79 Å². The normalized spacial score (nSPS) is 11.3. The van der Waals surface area contributed by atoms with Gasteiger partial charge >= 0.3 is 26.3 Å². The predicted molar refractivity (Wildman–Crippen MR) is 185 cm³/mol. The smallest absolute Gasteiger partial charge is 0.339 e. The van der Waals surface area contributed by atoms with Gasteiger partial charge in [-0.25, -0.2) is 4.79 Å². The third-order valence-corrected chi connectivity index (χ3v) is 9.67. The second-order valence-electron chi connectivity index (χ2n) is 10.4. The Hall–Kier alpha value is -5.91. The van der Waals surface area contributed by atoms with Crippen LogP contribution in [0.1, 0.15) is 0 Å². The van der Waals surface area contributed by atoms with Gasteiger partial charge in [0.25, 0.3) is 0 Å². The van der Waals surface area contributed by atoms with Gasteiger partial charge in [0.2, 0.25) is 0 Å². The molecule has 11 heteroatoms.